The van der Waals surface area contributed by atoms with E-state index < -0.39 is 17.8 Å². The molecule has 36 heavy (non-hydrogen) atoms. The second-order valence-corrected chi connectivity index (χ2v) is 8.74. The van der Waals surface area contributed by atoms with Crippen molar-refractivity contribution in [1.29, 1.82) is 0 Å². The fourth-order valence-corrected chi connectivity index (χ4v) is 4.87. The number of aromatic nitrogens is 3. The molecule has 182 valence electrons. The van der Waals surface area contributed by atoms with Crippen LogP contribution in [-0.2, 0) is 19.0 Å². The smallest absolute Gasteiger partial charge is 0.384 e. The second kappa shape index (κ2) is 8.11. The number of nitrogens with one attached hydrogen (secondary N) is 1. The number of hydrogen-bond acceptors (Lipinski definition) is 4. The van der Waals surface area contributed by atoms with Crippen molar-refractivity contribution >= 4 is 17.3 Å². The first kappa shape index (κ1) is 22.1. The van der Waals surface area contributed by atoms with Crippen LogP contribution < -0.4 is 15.8 Å². The van der Waals surface area contributed by atoms with Gasteiger partial charge in [0.2, 0.25) is 0 Å². The van der Waals surface area contributed by atoms with Gasteiger partial charge in [-0.05, 0) is 60.9 Å². The summed E-state index contributed by atoms with van der Waals surface area (Å²) in [7, 11) is 0. The van der Waals surface area contributed by atoms with Gasteiger partial charge in [0.1, 0.15) is 5.69 Å². The molecule has 0 fully saturated rings. The molecule has 2 aliphatic heterocycles. The second-order valence-electron chi connectivity index (χ2n) is 8.74. The number of amides is 1. The molecule has 7 nitrogen and oxygen atoms in total. The lowest BCUT2D eigenvalue weighted by molar-refractivity contribution is -0.141. The van der Waals surface area contributed by atoms with Gasteiger partial charge in [0.25, 0.3) is 11.5 Å². The maximum absolute atomic E-state index is 13.9. The van der Waals surface area contributed by atoms with Crippen molar-refractivity contribution < 1.29 is 18.0 Å². The molecule has 10 heteroatoms. The molecule has 1 amide bonds. The van der Waals surface area contributed by atoms with Crippen LogP contribution in [0.2, 0.25) is 0 Å². The number of hydrogen-bond donors (Lipinski definition) is 1. The van der Waals surface area contributed by atoms with Crippen LogP contribution in [0.4, 0.5) is 24.5 Å². The quantitative estimate of drug-likeness (QED) is 0.466. The third-order valence-electron chi connectivity index (χ3n) is 6.59. The zero-order chi connectivity index (χ0) is 25.0. The SMILES string of the molecule is O=C1c2c(c(C(F)(F)F)nn2-c2ccc3c(c2)NCC3)CCN1c1ccc(-n2ccccc2=O)cc1. The number of nitrogens with zero attached hydrogens (tertiary/aromatic N) is 4. The molecular formula is C26H20F3N5O2. The molecule has 2 aromatic carbocycles. The Balaban J connectivity index is 1.41. The summed E-state index contributed by atoms with van der Waals surface area (Å²) in [5.74, 6) is -0.558. The number of alkyl halides is 3. The standard InChI is InChI=1S/C26H20F3N5O2/c27-26(28,29)24-20-11-14-33(18-8-6-17(7-9-18)32-13-2-1-3-22(32)35)25(36)23(20)34(31-24)19-5-4-16-10-12-30-21(16)15-19/h1-9,13,15,30H,10-12,14H2. The van der Waals surface area contributed by atoms with Gasteiger partial charge >= 0.3 is 6.18 Å². The minimum atomic E-state index is -4.68. The molecule has 0 saturated carbocycles. The molecule has 0 radical (unpaired) electrons. The molecule has 0 atom stereocenters. The predicted octanol–water partition coefficient (Wildman–Crippen LogP) is 4.21. The number of anilines is 2. The van der Waals surface area contributed by atoms with Gasteiger partial charge in [0.05, 0.1) is 5.69 Å². The lowest BCUT2D eigenvalue weighted by atomic mass is 10.0. The fraction of sp³-hybridized carbons (Fsp3) is 0.192. The molecule has 2 aromatic heterocycles. The number of carbonyl (C=O) groups is 1. The number of halogens is 3. The molecule has 0 spiro atoms. The Hall–Kier alpha value is -4.34. The molecule has 0 bridgehead atoms. The van der Waals surface area contributed by atoms with Crippen molar-refractivity contribution in [3.63, 3.8) is 0 Å². The highest BCUT2D eigenvalue weighted by atomic mass is 19.4. The Bertz CT molecular complexity index is 1550. The van der Waals surface area contributed by atoms with Crippen LogP contribution in [0.1, 0.15) is 27.3 Å². The summed E-state index contributed by atoms with van der Waals surface area (Å²) in [6.07, 6.45) is -2.20. The lowest BCUT2D eigenvalue weighted by Gasteiger charge is -2.28. The number of rotatable bonds is 3. The third-order valence-corrected chi connectivity index (χ3v) is 6.59. The van der Waals surface area contributed by atoms with E-state index in [1.165, 1.54) is 15.5 Å². The van der Waals surface area contributed by atoms with Gasteiger partial charge in [-0.3, -0.25) is 14.2 Å². The maximum Gasteiger partial charge on any atom is 0.435 e. The van der Waals surface area contributed by atoms with E-state index in [4.69, 9.17) is 0 Å². The Morgan fingerprint density at radius 1 is 0.889 bits per heavy atom. The van der Waals surface area contributed by atoms with E-state index in [0.29, 0.717) is 17.1 Å². The van der Waals surface area contributed by atoms with Gasteiger partial charge in [-0.15, -0.1) is 0 Å². The Morgan fingerprint density at radius 2 is 1.64 bits per heavy atom. The molecule has 6 rings (SSSR count). The zero-order valence-corrected chi connectivity index (χ0v) is 18.9. The van der Waals surface area contributed by atoms with Crippen molar-refractivity contribution in [2.75, 3.05) is 23.3 Å². The van der Waals surface area contributed by atoms with Crippen LogP contribution in [0.15, 0.2) is 71.7 Å². The van der Waals surface area contributed by atoms with E-state index >= 15 is 0 Å². The molecule has 2 aliphatic rings. The maximum atomic E-state index is 13.9. The zero-order valence-electron chi connectivity index (χ0n) is 18.9. The molecule has 0 aliphatic carbocycles. The summed E-state index contributed by atoms with van der Waals surface area (Å²) in [6, 6.07) is 16.9. The molecule has 4 aromatic rings. The molecule has 0 unspecified atom stereocenters. The normalized spacial score (nSPS) is 15.0. The van der Waals surface area contributed by atoms with Crippen molar-refractivity contribution in [3.05, 3.63) is 99.7 Å². The molecule has 0 saturated heterocycles. The van der Waals surface area contributed by atoms with Crippen LogP contribution in [-0.4, -0.2) is 33.3 Å². The number of fused-ring (bicyclic) bond motifs is 2. The van der Waals surface area contributed by atoms with Gasteiger partial charge in [0, 0.05) is 48.0 Å². The van der Waals surface area contributed by atoms with Gasteiger partial charge in [-0.1, -0.05) is 12.1 Å². The molecule has 4 heterocycles. The van der Waals surface area contributed by atoms with E-state index in [-0.39, 0.29) is 29.8 Å². The summed E-state index contributed by atoms with van der Waals surface area (Å²) in [6.45, 7) is 0.832. The van der Waals surface area contributed by atoms with Crippen LogP contribution in [0.5, 0.6) is 0 Å². The van der Waals surface area contributed by atoms with Gasteiger partial charge in [0.15, 0.2) is 5.69 Å². The molecule has 1 N–H and O–H groups in total. The molecular weight excluding hydrogens is 471 g/mol. The van der Waals surface area contributed by atoms with Crippen molar-refractivity contribution in [1.82, 2.24) is 14.3 Å². The summed E-state index contributed by atoms with van der Waals surface area (Å²) >= 11 is 0. The first-order valence-electron chi connectivity index (χ1n) is 11.5. The monoisotopic (exact) mass is 491 g/mol. The van der Waals surface area contributed by atoms with Crippen molar-refractivity contribution in [3.8, 4) is 11.4 Å². The Morgan fingerprint density at radius 3 is 2.39 bits per heavy atom. The van der Waals surface area contributed by atoms with E-state index in [2.05, 4.69) is 10.4 Å². The van der Waals surface area contributed by atoms with Crippen LogP contribution in [0, 0.1) is 0 Å². The van der Waals surface area contributed by atoms with Gasteiger partial charge in [-0.25, -0.2) is 4.68 Å². The fourth-order valence-electron chi connectivity index (χ4n) is 4.87. The first-order chi connectivity index (χ1) is 17.3. The summed E-state index contributed by atoms with van der Waals surface area (Å²) in [5, 5.41) is 7.09. The van der Waals surface area contributed by atoms with Crippen LogP contribution >= 0.6 is 0 Å². The van der Waals surface area contributed by atoms with Gasteiger partial charge < -0.3 is 10.2 Å². The highest BCUT2D eigenvalue weighted by Gasteiger charge is 2.43. The average Bonchev–Trinajstić information content (AvgIpc) is 3.49. The largest absolute Gasteiger partial charge is 0.435 e. The van der Waals surface area contributed by atoms with E-state index in [9.17, 15) is 22.8 Å². The van der Waals surface area contributed by atoms with E-state index in [1.54, 1.807) is 54.7 Å². The number of carbonyl (C=O) groups excluding carboxylic acids is 1. The Labute approximate surface area is 203 Å². The van der Waals surface area contributed by atoms with Crippen molar-refractivity contribution in [2.45, 2.75) is 19.0 Å². The van der Waals surface area contributed by atoms with E-state index in [1.807, 2.05) is 6.07 Å². The Kier molecular flexibility index (Phi) is 4.99. The predicted molar refractivity (Wildman–Crippen MR) is 128 cm³/mol. The van der Waals surface area contributed by atoms with E-state index in [0.717, 1.165) is 28.9 Å². The first-order valence-corrected chi connectivity index (χ1v) is 11.5. The average molecular weight is 491 g/mol. The third kappa shape index (κ3) is 3.57. The summed E-state index contributed by atoms with van der Waals surface area (Å²) in [4.78, 5) is 27.2. The summed E-state index contributed by atoms with van der Waals surface area (Å²) in [5.41, 5.74) is 2.02. The summed E-state index contributed by atoms with van der Waals surface area (Å²) < 4.78 is 44.2. The van der Waals surface area contributed by atoms with Gasteiger partial charge in [-0.2, -0.15) is 18.3 Å². The number of benzene rings is 2. The minimum Gasteiger partial charge on any atom is -0.384 e. The lowest BCUT2D eigenvalue weighted by Crippen LogP contribution is -2.39. The van der Waals surface area contributed by atoms with Crippen LogP contribution in [0.25, 0.3) is 11.4 Å². The van der Waals surface area contributed by atoms with Crippen LogP contribution in [0.3, 0.4) is 0 Å². The van der Waals surface area contributed by atoms with Crippen molar-refractivity contribution in [2.24, 2.45) is 0 Å². The highest BCUT2D eigenvalue weighted by molar-refractivity contribution is 6.07. The topological polar surface area (TPSA) is 72.2 Å². The minimum absolute atomic E-state index is 0.0129. The highest BCUT2D eigenvalue weighted by Crippen LogP contribution is 2.37. The number of pyridine rings is 1.